The standard InChI is InChI=1S/C18H35F3N2O4/c1-16(2)6-14(22)7-17(3,10-16)11-23-8-15(24)9-25-4-5-26-12-18(20,21)27-13-19/h14-15,23-24H,4-13,22H2,1-3H3. The zero-order valence-electron chi connectivity index (χ0n) is 16.6. The topological polar surface area (TPSA) is 86.0 Å². The molecule has 0 radical (unpaired) electrons. The average Bonchev–Trinajstić information content (AvgIpc) is 2.47. The van der Waals surface area contributed by atoms with Crippen LogP contribution in [0.3, 0.4) is 0 Å². The Morgan fingerprint density at radius 1 is 1.22 bits per heavy atom. The molecule has 3 unspecified atom stereocenters. The van der Waals surface area contributed by atoms with Gasteiger partial charge in [-0.25, -0.2) is 4.39 Å². The molecule has 0 amide bonds. The normalized spacial score (nSPS) is 26.9. The van der Waals surface area contributed by atoms with Crippen LogP contribution in [0.5, 0.6) is 0 Å². The number of nitrogens with two attached hydrogens (primary N) is 1. The third kappa shape index (κ3) is 10.6. The van der Waals surface area contributed by atoms with Crippen LogP contribution < -0.4 is 11.1 Å². The minimum absolute atomic E-state index is 0.0452. The molecule has 0 bridgehead atoms. The van der Waals surface area contributed by atoms with Crippen molar-refractivity contribution in [3.8, 4) is 0 Å². The lowest BCUT2D eigenvalue weighted by molar-refractivity contribution is -0.279. The Labute approximate surface area is 159 Å². The monoisotopic (exact) mass is 400 g/mol. The van der Waals surface area contributed by atoms with E-state index in [1.54, 1.807) is 0 Å². The first kappa shape index (κ1) is 24.6. The Bertz CT molecular complexity index is 429. The zero-order chi connectivity index (χ0) is 20.6. The number of rotatable bonds is 13. The highest BCUT2D eigenvalue weighted by Crippen LogP contribution is 2.45. The van der Waals surface area contributed by atoms with Crippen LogP contribution in [-0.2, 0) is 14.2 Å². The Hall–Kier alpha value is -0.450. The van der Waals surface area contributed by atoms with Gasteiger partial charge in [0, 0.05) is 19.1 Å². The molecule has 0 aromatic rings. The molecule has 0 spiro atoms. The second kappa shape index (κ2) is 10.9. The van der Waals surface area contributed by atoms with Gasteiger partial charge in [0.25, 0.3) is 0 Å². The molecule has 4 N–H and O–H groups in total. The molecule has 1 aliphatic carbocycles. The molecular weight excluding hydrogens is 365 g/mol. The van der Waals surface area contributed by atoms with Crippen molar-refractivity contribution in [1.82, 2.24) is 5.32 Å². The molecule has 0 saturated heterocycles. The van der Waals surface area contributed by atoms with Crippen molar-refractivity contribution in [3.63, 3.8) is 0 Å². The molecule has 0 aromatic carbocycles. The van der Waals surface area contributed by atoms with E-state index < -0.39 is 25.7 Å². The summed E-state index contributed by atoms with van der Waals surface area (Å²) in [7, 11) is 0. The van der Waals surface area contributed by atoms with Gasteiger partial charge in [-0.1, -0.05) is 20.8 Å². The molecule has 0 aliphatic heterocycles. The Morgan fingerprint density at radius 2 is 1.89 bits per heavy atom. The lowest BCUT2D eigenvalue weighted by Gasteiger charge is -2.46. The van der Waals surface area contributed by atoms with Gasteiger partial charge >= 0.3 is 6.11 Å². The molecule has 3 atom stereocenters. The summed E-state index contributed by atoms with van der Waals surface area (Å²) in [6.07, 6.45) is -1.32. The van der Waals surface area contributed by atoms with Crippen LogP contribution in [0.2, 0.25) is 0 Å². The summed E-state index contributed by atoms with van der Waals surface area (Å²) >= 11 is 0. The van der Waals surface area contributed by atoms with Gasteiger partial charge < -0.3 is 25.6 Å². The van der Waals surface area contributed by atoms with Crippen LogP contribution >= 0.6 is 0 Å². The third-order valence-electron chi connectivity index (χ3n) is 4.62. The predicted molar refractivity (Wildman–Crippen MR) is 96.2 cm³/mol. The van der Waals surface area contributed by atoms with E-state index in [2.05, 4.69) is 35.6 Å². The first-order valence-corrected chi connectivity index (χ1v) is 9.35. The van der Waals surface area contributed by atoms with Gasteiger partial charge in [-0.15, -0.1) is 0 Å². The molecule has 1 fully saturated rings. The lowest BCUT2D eigenvalue weighted by Crippen LogP contribution is -2.47. The summed E-state index contributed by atoms with van der Waals surface area (Å²) < 4.78 is 50.7. The average molecular weight is 400 g/mol. The Balaban J connectivity index is 2.11. The molecule has 1 saturated carbocycles. The number of alkyl halides is 3. The van der Waals surface area contributed by atoms with E-state index in [9.17, 15) is 18.3 Å². The van der Waals surface area contributed by atoms with Gasteiger partial charge in [0.2, 0.25) is 0 Å². The third-order valence-corrected chi connectivity index (χ3v) is 4.62. The van der Waals surface area contributed by atoms with Crippen LogP contribution in [0.1, 0.15) is 40.0 Å². The smallest absolute Gasteiger partial charge is 0.381 e. The van der Waals surface area contributed by atoms with E-state index in [1.807, 2.05) is 0 Å². The fourth-order valence-corrected chi connectivity index (χ4v) is 4.10. The summed E-state index contributed by atoms with van der Waals surface area (Å²) in [5, 5.41) is 13.2. The summed E-state index contributed by atoms with van der Waals surface area (Å²) in [5.41, 5.74) is 6.48. The Kier molecular flexibility index (Phi) is 9.95. The second-order valence-electron chi connectivity index (χ2n) is 8.62. The van der Waals surface area contributed by atoms with Crippen LogP contribution in [-0.4, -0.2) is 69.7 Å². The van der Waals surface area contributed by atoms with E-state index >= 15 is 0 Å². The molecule has 6 nitrogen and oxygen atoms in total. The minimum Gasteiger partial charge on any atom is -0.389 e. The van der Waals surface area contributed by atoms with Crippen molar-refractivity contribution in [1.29, 1.82) is 0 Å². The van der Waals surface area contributed by atoms with Crippen LogP contribution in [0, 0.1) is 10.8 Å². The number of aliphatic hydroxyl groups is 1. The fraction of sp³-hybridized carbons (Fsp3) is 1.00. The maximum atomic E-state index is 12.8. The quantitative estimate of drug-likeness (QED) is 0.410. The maximum Gasteiger partial charge on any atom is 0.381 e. The highest BCUT2D eigenvalue weighted by molar-refractivity contribution is 4.94. The van der Waals surface area contributed by atoms with Crippen molar-refractivity contribution >= 4 is 0 Å². The maximum absolute atomic E-state index is 12.8. The molecule has 1 rings (SSSR count). The molecule has 162 valence electrons. The van der Waals surface area contributed by atoms with Crippen LogP contribution in [0.15, 0.2) is 0 Å². The largest absolute Gasteiger partial charge is 0.389 e. The summed E-state index contributed by atoms with van der Waals surface area (Å²) in [6.45, 7) is 5.19. The number of nitrogens with one attached hydrogen (secondary N) is 1. The van der Waals surface area contributed by atoms with E-state index in [0.29, 0.717) is 6.54 Å². The van der Waals surface area contributed by atoms with E-state index in [1.165, 1.54) is 0 Å². The van der Waals surface area contributed by atoms with Gasteiger partial charge in [0.15, 0.2) is 6.86 Å². The number of halogens is 3. The predicted octanol–water partition coefficient (Wildman–Crippen LogP) is 2.05. The van der Waals surface area contributed by atoms with Crippen molar-refractivity contribution in [2.75, 3.05) is 46.4 Å². The molecule has 9 heteroatoms. The highest BCUT2D eigenvalue weighted by atomic mass is 19.3. The van der Waals surface area contributed by atoms with E-state index in [-0.39, 0.29) is 36.7 Å². The minimum atomic E-state index is -3.65. The molecular formula is C18H35F3N2O4. The Morgan fingerprint density at radius 3 is 2.52 bits per heavy atom. The summed E-state index contributed by atoms with van der Waals surface area (Å²) in [4.78, 5) is 0. The van der Waals surface area contributed by atoms with Gasteiger partial charge in [-0.2, -0.15) is 8.78 Å². The van der Waals surface area contributed by atoms with Gasteiger partial charge in [-0.05, 0) is 30.1 Å². The van der Waals surface area contributed by atoms with Gasteiger partial charge in [-0.3, -0.25) is 4.74 Å². The molecule has 0 heterocycles. The van der Waals surface area contributed by atoms with E-state index in [4.69, 9.17) is 10.5 Å². The van der Waals surface area contributed by atoms with E-state index in [0.717, 1.165) is 25.8 Å². The first-order chi connectivity index (χ1) is 12.5. The lowest BCUT2D eigenvalue weighted by atomic mass is 9.63. The van der Waals surface area contributed by atoms with Crippen LogP contribution in [0.4, 0.5) is 13.2 Å². The SMILES string of the molecule is CC1(C)CC(N)CC(C)(CNCC(O)COCCOCC(F)(F)OCF)C1. The van der Waals surface area contributed by atoms with Gasteiger partial charge in [0.1, 0.15) is 6.61 Å². The summed E-state index contributed by atoms with van der Waals surface area (Å²) in [6, 6.07) is 0.191. The first-order valence-electron chi connectivity index (χ1n) is 9.35. The summed E-state index contributed by atoms with van der Waals surface area (Å²) in [5.74, 6) is 0. The molecule has 0 aromatic heterocycles. The fourth-order valence-electron chi connectivity index (χ4n) is 4.10. The van der Waals surface area contributed by atoms with Crippen LogP contribution in [0.25, 0.3) is 0 Å². The van der Waals surface area contributed by atoms with Gasteiger partial charge in [0.05, 0.1) is 25.9 Å². The molecule has 27 heavy (non-hydrogen) atoms. The highest BCUT2D eigenvalue weighted by Gasteiger charge is 2.39. The molecule has 1 aliphatic rings. The van der Waals surface area contributed by atoms with Crippen molar-refractivity contribution in [2.24, 2.45) is 16.6 Å². The second-order valence-corrected chi connectivity index (χ2v) is 8.62. The number of hydrogen-bond acceptors (Lipinski definition) is 6. The number of hydrogen-bond donors (Lipinski definition) is 3. The number of aliphatic hydroxyl groups excluding tert-OH is 1. The van der Waals surface area contributed by atoms with Crippen molar-refractivity contribution < 1.29 is 32.5 Å². The zero-order valence-corrected chi connectivity index (χ0v) is 16.6. The number of ether oxygens (including phenoxy) is 3. The van der Waals surface area contributed by atoms with Crippen molar-refractivity contribution in [3.05, 3.63) is 0 Å². The van der Waals surface area contributed by atoms with Crippen molar-refractivity contribution in [2.45, 2.75) is 58.3 Å².